The summed E-state index contributed by atoms with van der Waals surface area (Å²) in [6.07, 6.45) is 7.42. The predicted octanol–water partition coefficient (Wildman–Crippen LogP) is 2.68. The molecular formula is C12H10N2O. The van der Waals surface area contributed by atoms with Gasteiger partial charge in [0.1, 0.15) is 5.76 Å². The Morgan fingerprint density at radius 2 is 2.27 bits per heavy atom. The van der Waals surface area contributed by atoms with Gasteiger partial charge in [0.25, 0.3) is 0 Å². The van der Waals surface area contributed by atoms with Crippen molar-refractivity contribution in [3.05, 3.63) is 54.9 Å². The van der Waals surface area contributed by atoms with Crippen LogP contribution in [0, 0.1) is 0 Å². The molecule has 0 fully saturated rings. The maximum absolute atomic E-state index is 5.32. The van der Waals surface area contributed by atoms with Gasteiger partial charge >= 0.3 is 0 Å². The topological polar surface area (TPSA) is 31.0 Å². The van der Waals surface area contributed by atoms with Gasteiger partial charge < -0.3 is 8.98 Å². The predicted molar refractivity (Wildman–Crippen MR) is 57.5 cm³/mol. The van der Waals surface area contributed by atoms with E-state index >= 15 is 0 Å². The van der Waals surface area contributed by atoms with Gasteiger partial charge in [-0.25, -0.2) is 0 Å². The minimum absolute atomic E-state index is 0.764. The number of hydrogen-bond donors (Lipinski definition) is 0. The van der Waals surface area contributed by atoms with Crippen LogP contribution in [0.1, 0.15) is 5.76 Å². The summed E-state index contributed by atoms with van der Waals surface area (Å²) >= 11 is 0. The third-order valence-electron chi connectivity index (χ3n) is 2.48. The summed E-state index contributed by atoms with van der Waals surface area (Å²) in [5, 5.41) is 1.16. The van der Waals surface area contributed by atoms with Crippen LogP contribution in [0.2, 0.25) is 0 Å². The van der Waals surface area contributed by atoms with Crippen LogP contribution in [0.3, 0.4) is 0 Å². The molecule has 15 heavy (non-hydrogen) atoms. The zero-order valence-electron chi connectivity index (χ0n) is 8.13. The summed E-state index contributed by atoms with van der Waals surface area (Å²) in [7, 11) is 0. The average Bonchev–Trinajstić information content (AvgIpc) is 2.89. The Kier molecular flexibility index (Phi) is 1.81. The largest absolute Gasteiger partial charge is 0.467 e. The average molecular weight is 198 g/mol. The van der Waals surface area contributed by atoms with E-state index in [0.29, 0.717) is 0 Å². The molecule has 0 bridgehead atoms. The van der Waals surface area contributed by atoms with Crippen molar-refractivity contribution in [3.8, 4) is 0 Å². The Balaban J connectivity index is 2.05. The van der Waals surface area contributed by atoms with Crippen LogP contribution in [0.5, 0.6) is 0 Å². The van der Waals surface area contributed by atoms with Gasteiger partial charge in [0, 0.05) is 24.0 Å². The van der Waals surface area contributed by atoms with Gasteiger partial charge in [-0.05, 0) is 24.3 Å². The van der Waals surface area contributed by atoms with Crippen molar-refractivity contribution in [2.75, 3.05) is 0 Å². The lowest BCUT2D eigenvalue weighted by molar-refractivity contribution is 0.497. The van der Waals surface area contributed by atoms with Crippen LogP contribution >= 0.6 is 0 Å². The highest BCUT2D eigenvalue weighted by Gasteiger charge is 2.02. The highest BCUT2D eigenvalue weighted by molar-refractivity contribution is 5.78. The first-order chi connectivity index (χ1) is 7.43. The van der Waals surface area contributed by atoms with Crippen molar-refractivity contribution in [2.24, 2.45) is 0 Å². The van der Waals surface area contributed by atoms with Gasteiger partial charge in [-0.3, -0.25) is 4.98 Å². The standard InChI is InChI=1S/C12H10N2O/c1-2-11(15-7-1)9-14-6-4-10-8-13-5-3-12(10)14/h1-8H,9H2. The van der Waals surface area contributed by atoms with E-state index in [1.165, 1.54) is 5.52 Å². The summed E-state index contributed by atoms with van der Waals surface area (Å²) in [5.41, 5.74) is 1.18. The fourth-order valence-corrected chi connectivity index (χ4v) is 1.75. The van der Waals surface area contributed by atoms with E-state index in [1.807, 2.05) is 24.4 Å². The van der Waals surface area contributed by atoms with Crippen molar-refractivity contribution in [1.82, 2.24) is 9.55 Å². The smallest absolute Gasteiger partial charge is 0.123 e. The second-order valence-electron chi connectivity index (χ2n) is 3.46. The first-order valence-electron chi connectivity index (χ1n) is 4.85. The van der Waals surface area contributed by atoms with Crippen LogP contribution in [-0.4, -0.2) is 9.55 Å². The van der Waals surface area contributed by atoms with Gasteiger partial charge in [-0.1, -0.05) is 0 Å². The molecule has 0 saturated heterocycles. The molecule has 0 aliphatic rings. The number of fused-ring (bicyclic) bond motifs is 1. The SMILES string of the molecule is c1coc(Cn2ccc3cnccc32)c1. The first kappa shape index (κ1) is 8.29. The minimum atomic E-state index is 0.764. The van der Waals surface area contributed by atoms with Crippen molar-refractivity contribution >= 4 is 10.9 Å². The zero-order chi connectivity index (χ0) is 10.1. The fraction of sp³-hybridized carbons (Fsp3) is 0.0833. The number of rotatable bonds is 2. The molecule has 74 valence electrons. The number of nitrogens with zero attached hydrogens (tertiary/aromatic N) is 2. The first-order valence-corrected chi connectivity index (χ1v) is 4.85. The molecule has 0 radical (unpaired) electrons. The van der Waals surface area contributed by atoms with E-state index in [0.717, 1.165) is 17.7 Å². The second-order valence-corrected chi connectivity index (χ2v) is 3.46. The molecule has 0 spiro atoms. The van der Waals surface area contributed by atoms with Gasteiger partial charge in [0.05, 0.1) is 18.3 Å². The van der Waals surface area contributed by atoms with Gasteiger partial charge in [-0.2, -0.15) is 0 Å². The second kappa shape index (κ2) is 3.28. The number of pyridine rings is 1. The molecular weight excluding hydrogens is 188 g/mol. The van der Waals surface area contributed by atoms with Crippen LogP contribution in [-0.2, 0) is 6.54 Å². The van der Waals surface area contributed by atoms with E-state index in [9.17, 15) is 0 Å². The van der Waals surface area contributed by atoms with Crippen molar-refractivity contribution < 1.29 is 4.42 Å². The molecule has 3 heteroatoms. The molecule has 0 aliphatic heterocycles. The molecule has 3 rings (SSSR count). The lowest BCUT2D eigenvalue weighted by atomic mass is 10.3. The van der Waals surface area contributed by atoms with Crippen LogP contribution in [0.15, 0.2) is 53.5 Å². The molecule has 3 heterocycles. The highest BCUT2D eigenvalue weighted by Crippen LogP contribution is 2.15. The van der Waals surface area contributed by atoms with Crippen molar-refractivity contribution in [3.63, 3.8) is 0 Å². The molecule has 3 nitrogen and oxygen atoms in total. The van der Waals surface area contributed by atoms with Crippen LogP contribution in [0.25, 0.3) is 10.9 Å². The Morgan fingerprint density at radius 3 is 3.13 bits per heavy atom. The van der Waals surface area contributed by atoms with Gasteiger partial charge in [0.2, 0.25) is 0 Å². The lowest BCUT2D eigenvalue weighted by Crippen LogP contribution is -1.95. The Hall–Kier alpha value is -2.03. The highest BCUT2D eigenvalue weighted by atomic mass is 16.3. The van der Waals surface area contributed by atoms with Crippen LogP contribution < -0.4 is 0 Å². The Bertz CT molecular complexity index is 566. The van der Waals surface area contributed by atoms with E-state index < -0.39 is 0 Å². The number of hydrogen-bond acceptors (Lipinski definition) is 2. The fourth-order valence-electron chi connectivity index (χ4n) is 1.75. The molecule has 0 N–H and O–H groups in total. The normalized spacial score (nSPS) is 10.9. The number of furan rings is 1. The molecule has 0 saturated carbocycles. The summed E-state index contributed by atoms with van der Waals surface area (Å²) in [4.78, 5) is 4.09. The summed E-state index contributed by atoms with van der Waals surface area (Å²) in [5.74, 6) is 0.962. The number of aromatic nitrogens is 2. The maximum atomic E-state index is 5.32. The maximum Gasteiger partial charge on any atom is 0.123 e. The van der Waals surface area contributed by atoms with Gasteiger partial charge in [-0.15, -0.1) is 0 Å². The lowest BCUT2D eigenvalue weighted by Gasteiger charge is -2.01. The van der Waals surface area contributed by atoms with Crippen molar-refractivity contribution in [1.29, 1.82) is 0 Å². The molecule has 0 atom stereocenters. The Morgan fingerprint density at radius 1 is 1.27 bits per heavy atom. The van der Waals surface area contributed by atoms with Crippen molar-refractivity contribution in [2.45, 2.75) is 6.54 Å². The minimum Gasteiger partial charge on any atom is -0.467 e. The van der Waals surface area contributed by atoms with E-state index in [1.54, 1.807) is 12.5 Å². The molecule has 0 aliphatic carbocycles. The third kappa shape index (κ3) is 1.42. The zero-order valence-corrected chi connectivity index (χ0v) is 8.13. The van der Waals surface area contributed by atoms with E-state index in [2.05, 4.69) is 21.8 Å². The molecule has 0 unspecified atom stereocenters. The third-order valence-corrected chi connectivity index (χ3v) is 2.48. The monoisotopic (exact) mass is 198 g/mol. The van der Waals surface area contributed by atoms with E-state index in [-0.39, 0.29) is 0 Å². The molecule has 0 amide bonds. The van der Waals surface area contributed by atoms with Crippen LogP contribution in [0.4, 0.5) is 0 Å². The summed E-state index contributed by atoms with van der Waals surface area (Å²) < 4.78 is 7.47. The van der Waals surface area contributed by atoms with Gasteiger partial charge in [0.15, 0.2) is 0 Å². The quantitative estimate of drug-likeness (QED) is 0.633. The summed E-state index contributed by atoms with van der Waals surface area (Å²) in [6, 6.07) is 7.96. The Labute approximate surface area is 87.0 Å². The van der Waals surface area contributed by atoms with E-state index in [4.69, 9.17) is 4.42 Å². The molecule has 3 aromatic rings. The molecule has 0 aromatic carbocycles. The molecule has 3 aromatic heterocycles. The summed E-state index contributed by atoms with van der Waals surface area (Å²) in [6.45, 7) is 0.764.